The van der Waals surface area contributed by atoms with Crippen molar-refractivity contribution >= 4 is 12.4 Å². The molecule has 0 aliphatic carbocycles. The number of hydrogen-bond acceptors (Lipinski definition) is 2. The van der Waals surface area contributed by atoms with Gasteiger partial charge in [0.2, 0.25) is 0 Å². The Hall–Kier alpha value is -1.51. The lowest BCUT2D eigenvalue weighted by Crippen LogP contribution is -2.34. The van der Waals surface area contributed by atoms with Crippen molar-refractivity contribution < 1.29 is 4.74 Å². The van der Waals surface area contributed by atoms with Gasteiger partial charge in [0.05, 0.1) is 6.61 Å². The van der Waals surface area contributed by atoms with Gasteiger partial charge in [-0.2, -0.15) is 0 Å². The zero-order valence-electron chi connectivity index (χ0n) is 14.8. The van der Waals surface area contributed by atoms with E-state index in [0.29, 0.717) is 5.92 Å². The van der Waals surface area contributed by atoms with E-state index in [1.165, 1.54) is 50.0 Å². The molecule has 3 heteroatoms. The van der Waals surface area contributed by atoms with Crippen molar-refractivity contribution in [3.8, 4) is 5.75 Å². The number of likely N-dealkylation sites (tertiary alicyclic amines) is 1. The van der Waals surface area contributed by atoms with Crippen molar-refractivity contribution in [2.75, 3.05) is 26.2 Å². The summed E-state index contributed by atoms with van der Waals surface area (Å²) in [4.78, 5) is 2.66. The smallest absolute Gasteiger partial charge is 0.122 e. The van der Waals surface area contributed by atoms with Crippen LogP contribution in [0.4, 0.5) is 0 Å². The Labute approximate surface area is 157 Å². The van der Waals surface area contributed by atoms with Crippen molar-refractivity contribution in [1.29, 1.82) is 0 Å². The molecule has 1 fully saturated rings. The van der Waals surface area contributed by atoms with E-state index in [2.05, 4.69) is 59.5 Å². The number of nitrogens with zero attached hydrogens (tertiary/aromatic N) is 1. The van der Waals surface area contributed by atoms with Gasteiger partial charge in [-0.3, -0.25) is 0 Å². The van der Waals surface area contributed by atoms with Gasteiger partial charge in [-0.25, -0.2) is 0 Å². The summed E-state index contributed by atoms with van der Waals surface area (Å²) in [6, 6.07) is 19.6. The number of halogens is 1. The lowest BCUT2D eigenvalue weighted by atomic mass is 9.88. The topological polar surface area (TPSA) is 12.5 Å². The predicted octanol–water partition coefficient (Wildman–Crippen LogP) is 5.24. The van der Waals surface area contributed by atoms with Gasteiger partial charge in [0.15, 0.2) is 0 Å². The Bertz CT molecular complexity index is 652. The molecule has 2 heterocycles. The SMILES string of the molecule is Cl.c1ccc(C2CCN(CCC3CCOc4ccccc43)CC2)cc1. The van der Waals surface area contributed by atoms with Crippen molar-refractivity contribution in [3.05, 3.63) is 65.7 Å². The molecule has 0 saturated carbocycles. The summed E-state index contributed by atoms with van der Waals surface area (Å²) in [7, 11) is 0. The Balaban J connectivity index is 0.00000182. The molecule has 1 saturated heterocycles. The van der Waals surface area contributed by atoms with Gasteiger partial charge in [-0.15, -0.1) is 12.4 Å². The van der Waals surface area contributed by atoms with E-state index in [1.54, 1.807) is 0 Å². The average Bonchev–Trinajstić information content (AvgIpc) is 2.67. The highest BCUT2D eigenvalue weighted by Gasteiger charge is 2.24. The highest BCUT2D eigenvalue weighted by Crippen LogP contribution is 2.36. The Morgan fingerprint density at radius 2 is 1.60 bits per heavy atom. The van der Waals surface area contributed by atoms with E-state index >= 15 is 0 Å². The molecule has 4 rings (SSSR count). The molecule has 0 spiro atoms. The molecular weight excluding hydrogens is 330 g/mol. The van der Waals surface area contributed by atoms with Crippen LogP contribution in [0.5, 0.6) is 5.75 Å². The number of piperidine rings is 1. The third-order valence-corrected chi connectivity index (χ3v) is 5.74. The van der Waals surface area contributed by atoms with Crippen molar-refractivity contribution in [2.24, 2.45) is 0 Å². The molecule has 2 aromatic carbocycles. The molecule has 0 amide bonds. The van der Waals surface area contributed by atoms with Crippen LogP contribution in [0.1, 0.15) is 48.6 Å². The maximum Gasteiger partial charge on any atom is 0.122 e. The molecule has 0 aromatic heterocycles. The second-order valence-electron chi connectivity index (χ2n) is 7.19. The lowest BCUT2D eigenvalue weighted by Gasteiger charge is -2.34. The molecule has 0 radical (unpaired) electrons. The third-order valence-electron chi connectivity index (χ3n) is 5.74. The van der Waals surface area contributed by atoms with E-state index in [-0.39, 0.29) is 12.4 Å². The van der Waals surface area contributed by atoms with E-state index in [0.717, 1.165) is 24.7 Å². The molecule has 1 atom stereocenters. The second kappa shape index (κ2) is 8.73. The largest absolute Gasteiger partial charge is 0.493 e. The number of ether oxygens (including phenoxy) is 1. The number of rotatable bonds is 4. The van der Waals surface area contributed by atoms with Gasteiger partial charge < -0.3 is 9.64 Å². The van der Waals surface area contributed by atoms with Crippen LogP contribution < -0.4 is 4.74 Å². The molecule has 2 nitrogen and oxygen atoms in total. The minimum Gasteiger partial charge on any atom is -0.493 e. The van der Waals surface area contributed by atoms with Crippen LogP contribution in [-0.4, -0.2) is 31.1 Å². The molecule has 2 aromatic rings. The first-order chi connectivity index (χ1) is 11.9. The van der Waals surface area contributed by atoms with Gasteiger partial charge in [-0.1, -0.05) is 48.5 Å². The van der Waals surface area contributed by atoms with Crippen molar-refractivity contribution in [1.82, 2.24) is 4.90 Å². The summed E-state index contributed by atoms with van der Waals surface area (Å²) in [5.74, 6) is 2.53. The Kier molecular flexibility index (Phi) is 6.39. The molecule has 0 bridgehead atoms. The number of benzene rings is 2. The maximum absolute atomic E-state index is 5.79. The quantitative estimate of drug-likeness (QED) is 0.741. The molecule has 0 N–H and O–H groups in total. The monoisotopic (exact) mass is 357 g/mol. The Morgan fingerprint density at radius 1 is 0.880 bits per heavy atom. The summed E-state index contributed by atoms with van der Waals surface area (Å²) >= 11 is 0. The first-order valence-electron chi connectivity index (χ1n) is 9.39. The van der Waals surface area contributed by atoms with Crippen LogP contribution in [-0.2, 0) is 0 Å². The summed E-state index contributed by atoms with van der Waals surface area (Å²) < 4.78 is 5.79. The fraction of sp³-hybridized carbons (Fsp3) is 0.455. The molecular formula is C22H28ClNO. The van der Waals surface area contributed by atoms with Crippen molar-refractivity contribution in [3.63, 3.8) is 0 Å². The number of para-hydroxylation sites is 1. The van der Waals surface area contributed by atoms with Crippen LogP contribution in [0.2, 0.25) is 0 Å². The second-order valence-corrected chi connectivity index (χ2v) is 7.19. The third kappa shape index (κ3) is 4.37. The zero-order valence-corrected chi connectivity index (χ0v) is 15.6. The van der Waals surface area contributed by atoms with Crippen LogP contribution in [0, 0.1) is 0 Å². The van der Waals surface area contributed by atoms with E-state index in [9.17, 15) is 0 Å². The fourth-order valence-electron chi connectivity index (χ4n) is 4.27. The Morgan fingerprint density at radius 3 is 2.40 bits per heavy atom. The normalized spacial score (nSPS) is 21.0. The number of hydrogen-bond donors (Lipinski definition) is 0. The van der Waals surface area contributed by atoms with Crippen LogP contribution >= 0.6 is 12.4 Å². The number of fused-ring (bicyclic) bond motifs is 1. The molecule has 25 heavy (non-hydrogen) atoms. The minimum absolute atomic E-state index is 0. The van der Waals surface area contributed by atoms with E-state index in [1.807, 2.05) is 0 Å². The van der Waals surface area contributed by atoms with Crippen LogP contribution in [0.25, 0.3) is 0 Å². The van der Waals surface area contributed by atoms with Crippen LogP contribution in [0.3, 0.4) is 0 Å². The van der Waals surface area contributed by atoms with Gasteiger partial charge in [-0.05, 0) is 74.3 Å². The highest BCUT2D eigenvalue weighted by atomic mass is 35.5. The summed E-state index contributed by atoms with van der Waals surface area (Å²) in [5.41, 5.74) is 2.94. The van der Waals surface area contributed by atoms with Gasteiger partial charge in [0.25, 0.3) is 0 Å². The molecule has 2 aliphatic rings. The first-order valence-corrected chi connectivity index (χ1v) is 9.39. The zero-order chi connectivity index (χ0) is 16.2. The van der Waals surface area contributed by atoms with Crippen LogP contribution in [0.15, 0.2) is 54.6 Å². The summed E-state index contributed by atoms with van der Waals surface area (Å²) in [5, 5.41) is 0. The van der Waals surface area contributed by atoms with E-state index in [4.69, 9.17) is 4.74 Å². The van der Waals surface area contributed by atoms with E-state index < -0.39 is 0 Å². The van der Waals surface area contributed by atoms with Gasteiger partial charge >= 0.3 is 0 Å². The molecule has 2 aliphatic heterocycles. The molecule has 1 unspecified atom stereocenters. The van der Waals surface area contributed by atoms with Gasteiger partial charge in [0, 0.05) is 0 Å². The highest BCUT2D eigenvalue weighted by molar-refractivity contribution is 5.85. The first kappa shape index (κ1) is 18.3. The summed E-state index contributed by atoms with van der Waals surface area (Å²) in [6.45, 7) is 4.58. The fourth-order valence-corrected chi connectivity index (χ4v) is 4.27. The summed E-state index contributed by atoms with van der Waals surface area (Å²) in [6.07, 6.45) is 5.02. The predicted molar refractivity (Wildman–Crippen MR) is 106 cm³/mol. The van der Waals surface area contributed by atoms with Crippen molar-refractivity contribution in [2.45, 2.75) is 37.5 Å². The minimum atomic E-state index is 0. The average molecular weight is 358 g/mol. The van der Waals surface area contributed by atoms with Gasteiger partial charge in [0.1, 0.15) is 5.75 Å². The molecule has 134 valence electrons. The maximum atomic E-state index is 5.79. The lowest BCUT2D eigenvalue weighted by molar-refractivity contribution is 0.195. The standard InChI is InChI=1S/C22H27NO.ClH/c1-2-6-18(7-3-1)19-10-14-23(15-11-19)16-12-20-13-17-24-22-9-5-4-8-21(20)22;/h1-9,19-20H,10-17H2;1H.